The van der Waals surface area contributed by atoms with Gasteiger partial charge in [0.15, 0.2) is 0 Å². The lowest BCUT2D eigenvalue weighted by Crippen LogP contribution is -1.96. The molecule has 0 atom stereocenters. The zero-order valence-corrected chi connectivity index (χ0v) is 13.2. The van der Waals surface area contributed by atoms with E-state index in [0.29, 0.717) is 0 Å². The first-order valence-electron chi connectivity index (χ1n) is 6.59. The first-order chi connectivity index (χ1) is 10.4. The minimum atomic E-state index is 0. The lowest BCUT2D eigenvalue weighted by molar-refractivity contribution is 0.824. The fraction of sp³-hybridized carbons (Fsp3) is 0. The highest BCUT2D eigenvalue weighted by molar-refractivity contribution is 8.93. The van der Waals surface area contributed by atoms with Crippen molar-refractivity contribution in [1.29, 1.82) is 0 Å². The monoisotopic (exact) mass is 353 g/mol. The second-order valence-corrected chi connectivity index (χ2v) is 4.63. The van der Waals surface area contributed by atoms with E-state index in [4.69, 9.17) is 0 Å². The Morgan fingerprint density at radius 2 is 1.68 bits per heavy atom. The summed E-state index contributed by atoms with van der Waals surface area (Å²) in [6, 6.07) is 15.9. The van der Waals surface area contributed by atoms with Gasteiger partial charge in [0.1, 0.15) is 5.52 Å². The minimum absolute atomic E-state index is 0. The lowest BCUT2D eigenvalue weighted by Gasteiger charge is -2.04. The van der Waals surface area contributed by atoms with E-state index in [1.807, 2.05) is 53.2 Å². The molecule has 0 aliphatic rings. The smallest absolute Gasteiger partial charge is 0.113 e. The molecule has 0 aliphatic heterocycles. The summed E-state index contributed by atoms with van der Waals surface area (Å²) < 4.78 is 1.83. The van der Waals surface area contributed by atoms with E-state index < -0.39 is 0 Å². The van der Waals surface area contributed by atoms with Crippen molar-refractivity contribution < 1.29 is 0 Å². The van der Waals surface area contributed by atoms with Gasteiger partial charge < -0.3 is 0 Å². The largest absolute Gasteiger partial charge is 0.261 e. The number of benzene rings is 2. The molecule has 2 aromatic heterocycles. The number of para-hydroxylation sites is 1. The van der Waals surface area contributed by atoms with Gasteiger partial charge in [0.05, 0.1) is 23.1 Å². The van der Waals surface area contributed by atoms with Gasteiger partial charge in [-0.2, -0.15) is 0 Å². The highest BCUT2D eigenvalue weighted by Gasteiger charge is 2.06. The van der Waals surface area contributed by atoms with E-state index in [-0.39, 0.29) is 17.0 Å². The standard InChI is InChI=1S/C16H11N5.BrH/c1-2-4-16-14(3-1)19-20-21(16)13-7-5-12(6-8-13)15-11-17-9-10-18-15;/h1-11H;1H. The molecule has 0 fully saturated rings. The molecule has 0 bridgehead atoms. The highest BCUT2D eigenvalue weighted by atomic mass is 79.9. The quantitative estimate of drug-likeness (QED) is 0.553. The predicted octanol–water partition coefficient (Wildman–Crippen LogP) is 3.46. The van der Waals surface area contributed by atoms with Gasteiger partial charge in [-0.1, -0.05) is 29.5 Å². The van der Waals surface area contributed by atoms with Crippen molar-refractivity contribution in [2.75, 3.05) is 0 Å². The van der Waals surface area contributed by atoms with Gasteiger partial charge in [0.25, 0.3) is 0 Å². The fourth-order valence-corrected chi connectivity index (χ4v) is 2.28. The number of halogens is 1. The summed E-state index contributed by atoms with van der Waals surface area (Å²) in [7, 11) is 0. The van der Waals surface area contributed by atoms with Crippen LogP contribution < -0.4 is 0 Å². The maximum atomic E-state index is 4.29. The van der Waals surface area contributed by atoms with Crippen LogP contribution in [0.3, 0.4) is 0 Å². The van der Waals surface area contributed by atoms with Gasteiger partial charge in [-0.05, 0) is 24.3 Å². The van der Waals surface area contributed by atoms with Gasteiger partial charge in [0, 0.05) is 18.0 Å². The van der Waals surface area contributed by atoms with Crippen molar-refractivity contribution in [2.45, 2.75) is 0 Å². The second-order valence-electron chi connectivity index (χ2n) is 4.63. The van der Waals surface area contributed by atoms with Crippen molar-refractivity contribution in [3.8, 4) is 16.9 Å². The summed E-state index contributed by atoms with van der Waals surface area (Å²) in [4.78, 5) is 8.38. The van der Waals surface area contributed by atoms with Crippen molar-refractivity contribution in [2.24, 2.45) is 0 Å². The molecule has 4 rings (SSSR count). The van der Waals surface area contributed by atoms with Gasteiger partial charge >= 0.3 is 0 Å². The van der Waals surface area contributed by atoms with Crippen molar-refractivity contribution in [1.82, 2.24) is 25.0 Å². The number of rotatable bonds is 2. The molecular weight excluding hydrogens is 342 g/mol. The van der Waals surface area contributed by atoms with E-state index in [9.17, 15) is 0 Å². The zero-order valence-electron chi connectivity index (χ0n) is 11.5. The molecule has 0 saturated carbocycles. The summed E-state index contributed by atoms with van der Waals surface area (Å²) in [6.45, 7) is 0. The average Bonchev–Trinajstić information content (AvgIpc) is 3.00. The Balaban J connectivity index is 0.00000144. The van der Waals surface area contributed by atoms with Gasteiger partial charge in [-0.25, -0.2) is 4.68 Å². The molecule has 0 aliphatic carbocycles. The molecule has 22 heavy (non-hydrogen) atoms. The predicted molar refractivity (Wildman–Crippen MR) is 90.2 cm³/mol. The maximum Gasteiger partial charge on any atom is 0.113 e. The maximum absolute atomic E-state index is 4.29. The summed E-state index contributed by atoms with van der Waals surface area (Å²) in [5.74, 6) is 0. The summed E-state index contributed by atoms with van der Waals surface area (Å²) in [5.41, 5.74) is 4.72. The molecule has 5 nitrogen and oxygen atoms in total. The van der Waals surface area contributed by atoms with E-state index >= 15 is 0 Å². The number of hydrogen-bond donors (Lipinski definition) is 0. The van der Waals surface area contributed by atoms with E-state index in [0.717, 1.165) is 28.0 Å². The van der Waals surface area contributed by atoms with Crippen molar-refractivity contribution in [3.63, 3.8) is 0 Å². The Morgan fingerprint density at radius 3 is 2.45 bits per heavy atom. The number of nitrogens with zero attached hydrogens (tertiary/aromatic N) is 5. The van der Waals surface area contributed by atoms with Gasteiger partial charge in [0.2, 0.25) is 0 Å². The van der Waals surface area contributed by atoms with Crippen LogP contribution in [0.4, 0.5) is 0 Å². The average molecular weight is 354 g/mol. The third-order valence-electron chi connectivity index (χ3n) is 3.32. The number of fused-ring (bicyclic) bond motifs is 1. The molecule has 0 N–H and O–H groups in total. The SMILES string of the molecule is Br.c1ccc2c(c1)nnn2-c1ccc(-c2cnccn2)cc1. The topological polar surface area (TPSA) is 56.5 Å². The molecule has 0 amide bonds. The summed E-state index contributed by atoms with van der Waals surface area (Å²) in [6.07, 6.45) is 5.10. The lowest BCUT2D eigenvalue weighted by atomic mass is 10.1. The van der Waals surface area contributed by atoms with Crippen LogP contribution in [0.15, 0.2) is 67.1 Å². The third-order valence-corrected chi connectivity index (χ3v) is 3.32. The van der Waals surface area contributed by atoms with E-state index in [1.165, 1.54) is 0 Å². The van der Waals surface area contributed by atoms with Crippen LogP contribution in [0.25, 0.3) is 28.0 Å². The van der Waals surface area contributed by atoms with Crippen LogP contribution in [-0.4, -0.2) is 25.0 Å². The molecule has 2 aromatic carbocycles. The Labute approximate surface area is 137 Å². The normalized spacial score (nSPS) is 10.4. The van der Waals surface area contributed by atoms with Crippen molar-refractivity contribution >= 4 is 28.0 Å². The first kappa shape index (κ1) is 14.3. The Bertz CT molecular complexity index is 887. The Kier molecular flexibility index (Phi) is 3.93. The molecular formula is C16H12BrN5. The van der Waals surface area contributed by atoms with Crippen LogP contribution in [-0.2, 0) is 0 Å². The minimum Gasteiger partial charge on any atom is -0.261 e. The van der Waals surface area contributed by atoms with Crippen LogP contribution in [0, 0.1) is 0 Å². The molecule has 108 valence electrons. The van der Waals surface area contributed by atoms with Gasteiger partial charge in [-0.15, -0.1) is 22.1 Å². The second kappa shape index (κ2) is 6.03. The summed E-state index contributed by atoms with van der Waals surface area (Å²) in [5, 5.41) is 8.37. The Hall–Kier alpha value is -2.60. The molecule has 2 heterocycles. The molecule has 0 unspecified atom stereocenters. The summed E-state index contributed by atoms with van der Waals surface area (Å²) >= 11 is 0. The van der Waals surface area contributed by atoms with Crippen LogP contribution in [0.2, 0.25) is 0 Å². The van der Waals surface area contributed by atoms with E-state index in [2.05, 4.69) is 20.3 Å². The van der Waals surface area contributed by atoms with Crippen LogP contribution in [0.5, 0.6) is 0 Å². The van der Waals surface area contributed by atoms with E-state index in [1.54, 1.807) is 18.6 Å². The highest BCUT2D eigenvalue weighted by Crippen LogP contribution is 2.20. The molecule has 0 radical (unpaired) electrons. The Morgan fingerprint density at radius 1 is 0.864 bits per heavy atom. The molecule has 4 aromatic rings. The fourth-order valence-electron chi connectivity index (χ4n) is 2.28. The first-order valence-corrected chi connectivity index (χ1v) is 6.59. The molecule has 0 spiro atoms. The molecule has 6 heteroatoms. The number of aromatic nitrogens is 5. The number of hydrogen-bond acceptors (Lipinski definition) is 4. The van der Waals surface area contributed by atoms with Crippen LogP contribution in [0.1, 0.15) is 0 Å². The molecule has 0 saturated heterocycles. The van der Waals surface area contributed by atoms with Gasteiger partial charge in [-0.3, -0.25) is 9.97 Å². The zero-order chi connectivity index (χ0) is 14.1. The van der Waals surface area contributed by atoms with Crippen LogP contribution >= 0.6 is 17.0 Å². The third kappa shape index (κ3) is 2.48. The van der Waals surface area contributed by atoms with Crippen molar-refractivity contribution in [3.05, 3.63) is 67.1 Å².